The Morgan fingerprint density at radius 2 is 2.00 bits per heavy atom. The predicted molar refractivity (Wildman–Crippen MR) is 135 cm³/mol. The SMILES string of the molecule is C=CCn1c(CNC(=O)c2ccc(Cl)cc2Cl)nnc1SCC(=O)Nc1ccc([N+](=O)[O-])cc1C. The lowest BCUT2D eigenvalue weighted by molar-refractivity contribution is -0.384. The van der Waals surface area contributed by atoms with Crippen molar-refractivity contribution < 1.29 is 14.5 Å². The van der Waals surface area contributed by atoms with Crippen LogP contribution < -0.4 is 10.6 Å². The van der Waals surface area contributed by atoms with Gasteiger partial charge in [0.25, 0.3) is 11.6 Å². The molecule has 13 heteroatoms. The smallest absolute Gasteiger partial charge is 0.269 e. The number of halogens is 2. The molecule has 0 fully saturated rings. The Kier molecular flexibility index (Phi) is 8.85. The zero-order valence-electron chi connectivity index (χ0n) is 18.5. The average Bonchev–Trinajstić information content (AvgIpc) is 3.19. The number of nitrogens with zero attached hydrogens (tertiary/aromatic N) is 4. The molecule has 35 heavy (non-hydrogen) atoms. The van der Waals surface area contributed by atoms with Crippen LogP contribution in [0, 0.1) is 17.0 Å². The summed E-state index contributed by atoms with van der Waals surface area (Å²) in [4.78, 5) is 35.3. The molecule has 0 bridgehead atoms. The summed E-state index contributed by atoms with van der Waals surface area (Å²) in [6.07, 6.45) is 1.65. The van der Waals surface area contributed by atoms with E-state index in [4.69, 9.17) is 23.2 Å². The molecule has 1 aromatic heterocycles. The van der Waals surface area contributed by atoms with Crippen LogP contribution in [0.15, 0.2) is 54.2 Å². The number of benzene rings is 2. The molecule has 2 aromatic carbocycles. The lowest BCUT2D eigenvalue weighted by Crippen LogP contribution is -2.25. The summed E-state index contributed by atoms with van der Waals surface area (Å²) in [7, 11) is 0. The van der Waals surface area contributed by atoms with Gasteiger partial charge in [-0.2, -0.15) is 0 Å². The highest BCUT2D eigenvalue weighted by Gasteiger charge is 2.17. The topological polar surface area (TPSA) is 132 Å². The van der Waals surface area contributed by atoms with Gasteiger partial charge in [-0.3, -0.25) is 19.7 Å². The highest BCUT2D eigenvalue weighted by Crippen LogP contribution is 2.23. The van der Waals surface area contributed by atoms with Crippen LogP contribution >= 0.6 is 35.0 Å². The molecule has 0 spiro atoms. The van der Waals surface area contributed by atoms with Crippen LogP contribution in [0.5, 0.6) is 0 Å². The van der Waals surface area contributed by atoms with Gasteiger partial charge < -0.3 is 15.2 Å². The minimum atomic E-state index is -0.495. The van der Waals surface area contributed by atoms with E-state index in [-0.39, 0.29) is 34.5 Å². The van der Waals surface area contributed by atoms with Gasteiger partial charge in [0.05, 0.1) is 27.8 Å². The van der Waals surface area contributed by atoms with E-state index in [1.165, 1.54) is 30.3 Å². The maximum atomic E-state index is 12.5. The van der Waals surface area contributed by atoms with E-state index in [0.717, 1.165) is 11.8 Å². The number of carbonyl (C=O) groups is 2. The number of non-ortho nitro benzene ring substituents is 1. The summed E-state index contributed by atoms with van der Waals surface area (Å²) in [6.45, 7) is 5.85. The van der Waals surface area contributed by atoms with Gasteiger partial charge in [-0.15, -0.1) is 16.8 Å². The number of thioether (sulfide) groups is 1. The molecule has 10 nitrogen and oxygen atoms in total. The number of aryl methyl sites for hydroxylation is 1. The van der Waals surface area contributed by atoms with Crippen molar-refractivity contribution in [3.63, 3.8) is 0 Å². The maximum absolute atomic E-state index is 12.5. The van der Waals surface area contributed by atoms with Crippen LogP contribution in [0.1, 0.15) is 21.7 Å². The fourth-order valence-electron chi connectivity index (χ4n) is 3.02. The minimum Gasteiger partial charge on any atom is -0.345 e. The molecule has 0 saturated carbocycles. The van der Waals surface area contributed by atoms with Crippen LogP contribution in [0.3, 0.4) is 0 Å². The largest absolute Gasteiger partial charge is 0.345 e. The van der Waals surface area contributed by atoms with E-state index in [9.17, 15) is 19.7 Å². The van der Waals surface area contributed by atoms with E-state index in [1.54, 1.807) is 23.6 Å². The maximum Gasteiger partial charge on any atom is 0.269 e. The summed E-state index contributed by atoms with van der Waals surface area (Å²) in [5.74, 6) is -0.213. The third-order valence-electron chi connectivity index (χ3n) is 4.72. The Labute approximate surface area is 214 Å². The quantitative estimate of drug-likeness (QED) is 0.167. The van der Waals surface area contributed by atoms with Gasteiger partial charge in [-0.1, -0.05) is 41.0 Å². The Balaban J connectivity index is 1.63. The molecule has 2 amide bonds. The number of nitro benzene ring substituents is 1. The lowest BCUT2D eigenvalue weighted by atomic mass is 10.2. The molecule has 3 aromatic rings. The number of hydrogen-bond donors (Lipinski definition) is 2. The standard InChI is InChI=1S/C22H20Cl2N6O4S/c1-3-8-29-19(11-25-21(32)16-6-4-14(23)10-17(16)24)27-28-22(29)35-12-20(31)26-18-7-5-15(30(33)34)9-13(18)2/h3-7,9-10H,1,8,11-12H2,2H3,(H,25,32)(H,26,31). The Hall–Kier alpha value is -3.41. The van der Waals surface area contributed by atoms with Crippen molar-refractivity contribution in [1.29, 1.82) is 0 Å². The van der Waals surface area contributed by atoms with Gasteiger partial charge in [0.15, 0.2) is 11.0 Å². The van der Waals surface area contributed by atoms with Gasteiger partial charge in [-0.25, -0.2) is 0 Å². The third kappa shape index (κ3) is 6.81. The van der Waals surface area contributed by atoms with Crippen LogP contribution in [-0.4, -0.2) is 37.3 Å². The first-order valence-electron chi connectivity index (χ1n) is 10.1. The van der Waals surface area contributed by atoms with Crippen molar-refractivity contribution in [3.05, 3.63) is 86.2 Å². The summed E-state index contributed by atoms with van der Waals surface area (Å²) in [5.41, 5.74) is 1.29. The average molecular weight is 535 g/mol. The first-order valence-corrected chi connectivity index (χ1v) is 11.9. The van der Waals surface area contributed by atoms with Crippen LogP contribution in [0.2, 0.25) is 10.0 Å². The van der Waals surface area contributed by atoms with Gasteiger partial charge >= 0.3 is 0 Å². The number of nitrogens with one attached hydrogen (secondary N) is 2. The second kappa shape index (κ2) is 11.8. The summed E-state index contributed by atoms with van der Waals surface area (Å²) in [5, 5.41) is 25.7. The molecule has 1 heterocycles. The van der Waals surface area contributed by atoms with Gasteiger partial charge in [0.1, 0.15) is 0 Å². The van der Waals surface area contributed by atoms with Crippen LogP contribution in [-0.2, 0) is 17.9 Å². The third-order valence-corrected chi connectivity index (χ3v) is 6.23. The fraction of sp³-hybridized carbons (Fsp3) is 0.182. The molecule has 0 aliphatic carbocycles. The molecule has 182 valence electrons. The molecular weight excluding hydrogens is 515 g/mol. The minimum absolute atomic E-state index is 0.0262. The van der Waals surface area contributed by atoms with E-state index in [1.807, 2.05) is 0 Å². The van der Waals surface area contributed by atoms with E-state index in [0.29, 0.717) is 33.8 Å². The first-order chi connectivity index (χ1) is 16.7. The normalized spacial score (nSPS) is 10.6. The predicted octanol–water partition coefficient (Wildman–Crippen LogP) is 4.65. The van der Waals surface area contributed by atoms with E-state index < -0.39 is 10.8 Å². The number of hydrogen-bond acceptors (Lipinski definition) is 7. The van der Waals surface area contributed by atoms with Crippen molar-refractivity contribution in [2.75, 3.05) is 11.1 Å². The summed E-state index contributed by atoms with van der Waals surface area (Å²) >= 11 is 13.1. The number of nitro groups is 1. The second-order valence-electron chi connectivity index (χ2n) is 7.20. The molecule has 0 aliphatic rings. The molecule has 0 radical (unpaired) electrons. The number of amides is 2. The fourth-order valence-corrected chi connectivity index (χ4v) is 4.28. The van der Waals surface area contributed by atoms with Crippen molar-refractivity contribution in [2.24, 2.45) is 0 Å². The molecular formula is C22H20Cl2N6O4S. The van der Waals surface area contributed by atoms with Crippen molar-refractivity contribution in [2.45, 2.75) is 25.2 Å². The number of aromatic nitrogens is 3. The molecule has 2 N–H and O–H groups in total. The lowest BCUT2D eigenvalue weighted by Gasteiger charge is -2.10. The Bertz CT molecular complexity index is 1300. The number of allylic oxidation sites excluding steroid dienone is 1. The summed E-state index contributed by atoms with van der Waals surface area (Å²) in [6, 6.07) is 8.79. The highest BCUT2D eigenvalue weighted by atomic mass is 35.5. The highest BCUT2D eigenvalue weighted by molar-refractivity contribution is 7.99. The zero-order chi connectivity index (χ0) is 25.5. The van der Waals surface area contributed by atoms with Gasteiger partial charge in [0, 0.05) is 29.4 Å². The molecule has 0 saturated heterocycles. The van der Waals surface area contributed by atoms with Gasteiger partial charge in [-0.05, 0) is 36.8 Å². The number of anilines is 1. The van der Waals surface area contributed by atoms with Crippen molar-refractivity contribution in [1.82, 2.24) is 20.1 Å². The summed E-state index contributed by atoms with van der Waals surface area (Å²) < 4.78 is 1.73. The van der Waals surface area contributed by atoms with Crippen molar-refractivity contribution in [3.8, 4) is 0 Å². The molecule has 0 aliphatic heterocycles. The molecule has 0 unspecified atom stereocenters. The van der Waals surface area contributed by atoms with Crippen LogP contribution in [0.25, 0.3) is 0 Å². The second-order valence-corrected chi connectivity index (χ2v) is 8.98. The number of carbonyl (C=O) groups excluding carboxylic acids is 2. The monoisotopic (exact) mass is 534 g/mol. The molecule has 3 rings (SSSR count). The molecule has 0 atom stereocenters. The van der Waals surface area contributed by atoms with Crippen LogP contribution in [0.4, 0.5) is 11.4 Å². The van der Waals surface area contributed by atoms with E-state index in [2.05, 4.69) is 27.4 Å². The zero-order valence-corrected chi connectivity index (χ0v) is 20.8. The van der Waals surface area contributed by atoms with Crippen molar-refractivity contribution >= 4 is 58.2 Å². The first kappa shape index (κ1) is 26.2. The number of rotatable bonds is 10. The van der Waals surface area contributed by atoms with Gasteiger partial charge in [0.2, 0.25) is 5.91 Å². The Morgan fingerprint density at radius 3 is 2.66 bits per heavy atom. The Morgan fingerprint density at radius 1 is 1.23 bits per heavy atom. The van der Waals surface area contributed by atoms with E-state index >= 15 is 0 Å².